The average molecular weight is 320 g/mol. The molecule has 2 heterocycles. The fourth-order valence-corrected chi connectivity index (χ4v) is 3.26. The molecule has 0 N–H and O–H groups in total. The van der Waals surface area contributed by atoms with Gasteiger partial charge in [-0.3, -0.25) is 0 Å². The Bertz CT molecular complexity index is 500. The van der Waals surface area contributed by atoms with Gasteiger partial charge in [0.05, 0.1) is 26.4 Å². The molecule has 0 atom stereocenters. The lowest BCUT2D eigenvalue weighted by atomic mass is 9.95. The van der Waals surface area contributed by atoms with Crippen LogP contribution in [0.25, 0.3) is 0 Å². The third-order valence-corrected chi connectivity index (χ3v) is 5.06. The Kier molecular flexibility index (Phi) is 3.38. The number of rotatable bonds is 4. The van der Waals surface area contributed by atoms with Crippen LogP contribution >= 0.6 is 0 Å². The molecular weight excluding hydrogens is 292 g/mol. The molecule has 0 unspecified atom stereocenters. The van der Waals surface area contributed by atoms with Gasteiger partial charge in [-0.15, -0.1) is 0 Å². The van der Waals surface area contributed by atoms with Crippen LogP contribution in [0.4, 0.5) is 0 Å². The minimum atomic E-state index is -0.451. The smallest absolute Gasteiger partial charge is 0.211 e. The van der Waals surface area contributed by atoms with Gasteiger partial charge in [-0.2, -0.15) is 0 Å². The van der Waals surface area contributed by atoms with E-state index in [1.165, 1.54) is 11.1 Å². The number of ether oxygens (including phenoxy) is 4. The van der Waals surface area contributed by atoms with E-state index in [2.05, 4.69) is 39.8 Å². The lowest BCUT2D eigenvalue weighted by molar-refractivity contribution is -0.231. The van der Waals surface area contributed by atoms with Gasteiger partial charge >= 0.3 is 0 Å². The average Bonchev–Trinajstić information content (AvgIpc) is 3.36. The van der Waals surface area contributed by atoms with Crippen molar-refractivity contribution in [3.05, 3.63) is 23.3 Å². The van der Waals surface area contributed by atoms with Crippen molar-refractivity contribution in [2.75, 3.05) is 26.4 Å². The van der Waals surface area contributed by atoms with Crippen molar-refractivity contribution >= 4 is 0 Å². The highest BCUT2D eigenvalue weighted by molar-refractivity contribution is 5.41. The molecule has 0 saturated carbocycles. The highest BCUT2D eigenvalue weighted by Crippen LogP contribution is 2.50. The summed E-state index contributed by atoms with van der Waals surface area (Å²) >= 11 is 0. The van der Waals surface area contributed by atoms with Gasteiger partial charge < -0.3 is 18.9 Å². The highest BCUT2D eigenvalue weighted by atomic mass is 16.7. The zero-order chi connectivity index (χ0) is 16.3. The molecule has 0 aromatic carbocycles. The zero-order valence-corrected chi connectivity index (χ0v) is 14.7. The topological polar surface area (TPSA) is 36.9 Å². The van der Waals surface area contributed by atoms with Gasteiger partial charge in [-0.1, -0.05) is 27.7 Å². The summed E-state index contributed by atoms with van der Waals surface area (Å²) in [5, 5.41) is 0. The van der Waals surface area contributed by atoms with E-state index < -0.39 is 11.6 Å². The highest BCUT2D eigenvalue weighted by Gasteiger charge is 2.52. The molecule has 2 spiro atoms. The molecule has 0 amide bonds. The molecule has 0 aromatic rings. The van der Waals surface area contributed by atoms with Crippen LogP contribution in [-0.4, -0.2) is 38.0 Å². The summed E-state index contributed by atoms with van der Waals surface area (Å²) in [7, 11) is 0. The van der Waals surface area contributed by atoms with E-state index >= 15 is 0 Å². The molecule has 4 nitrogen and oxygen atoms in total. The molecule has 0 radical (unpaired) electrons. The second kappa shape index (κ2) is 4.92. The van der Waals surface area contributed by atoms with Gasteiger partial charge in [0.25, 0.3) is 0 Å². The Labute approximate surface area is 138 Å². The van der Waals surface area contributed by atoms with E-state index in [0.717, 1.165) is 45.7 Å². The molecule has 2 fully saturated rings. The summed E-state index contributed by atoms with van der Waals surface area (Å²) in [6.07, 6.45) is 7.41. The van der Waals surface area contributed by atoms with Crippen LogP contribution in [0.2, 0.25) is 0 Å². The van der Waals surface area contributed by atoms with Gasteiger partial charge in [0.2, 0.25) is 11.6 Å². The lowest BCUT2D eigenvalue weighted by Crippen LogP contribution is -2.41. The van der Waals surface area contributed by atoms with Crippen LogP contribution in [0, 0.1) is 10.8 Å². The van der Waals surface area contributed by atoms with Gasteiger partial charge in [0.15, 0.2) is 0 Å². The van der Waals surface area contributed by atoms with Crippen LogP contribution < -0.4 is 0 Å². The standard InChI is InChI=1S/C19H28O4/c1-16(2)10-20-18(21-11-16)8-14(18)6-5-7-15-9-19(15)22-12-17(3,4)13-23-19/h8-9H,5-7,10-13H2,1-4H3. The van der Waals surface area contributed by atoms with Gasteiger partial charge in [0.1, 0.15) is 0 Å². The van der Waals surface area contributed by atoms with E-state index in [1.54, 1.807) is 0 Å². The lowest BCUT2D eigenvalue weighted by Gasteiger charge is -2.36. The first kappa shape index (κ1) is 15.8. The molecule has 0 bridgehead atoms. The Morgan fingerprint density at radius 3 is 1.39 bits per heavy atom. The van der Waals surface area contributed by atoms with Crippen LogP contribution in [-0.2, 0) is 18.9 Å². The van der Waals surface area contributed by atoms with E-state index in [9.17, 15) is 0 Å². The quantitative estimate of drug-likeness (QED) is 0.742. The first-order chi connectivity index (χ1) is 10.7. The van der Waals surface area contributed by atoms with Gasteiger partial charge in [-0.05, 0) is 42.6 Å². The summed E-state index contributed by atoms with van der Waals surface area (Å²) in [6.45, 7) is 11.7. The molecule has 128 valence electrons. The Balaban J connectivity index is 1.18. The van der Waals surface area contributed by atoms with Crippen LogP contribution in [0.5, 0.6) is 0 Å². The van der Waals surface area contributed by atoms with Crippen LogP contribution in [0.15, 0.2) is 23.3 Å². The molecule has 2 aliphatic heterocycles. The fourth-order valence-electron chi connectivity index (χ4n) is 3.26. The zero-order valence-electron chi connectivity index (χ0n) is 14.7. The molecule has 4 aliphatic rings. The predicted octanol–water partition coefficient (Wildman–Crippen LogP) is 3.58. The van der Waals surface area contributed by atoms with E-state index in [0.29, 0.717) is 0 Å². The van der Waals surface area contributed by atoms with Crippen molar-refractivity contribution in [3.63, 3.8) is 0 Å². The molecule has 4 rings (SSSR count). The largest absolute Gasteiger partial charge is 0.342 e. The Hall–Kier alpha value is -0.680. The minimum absolute atomic E-state index is 0.126. The molecule has 4 heteroatoms. The second-order valence-corrected chi connectivity index (χ2v) is 9.01. The summed E-state index contributed by atoms with van der Waals surface area (Å²) in [4.78, 5) is 0. The van der Waals surface area contributed by atoms with Crippen molar-refractivity contribution in [1.82, 2.24) is 0 Å². The van der Waals surface area contributed by atoms with Crippen LogP contribution in [0.3, 0.4) is 0 Å². The normalized spacial score (nSPS) is 31.7. The third-order valence-electron chi connectivity index (χ3n) is 5.06. The van der Waals surface area contributed by atoms with Crippen LogP contribution in [0.1, 0.15) is 47.0 Å². The number of hydrogen-bond acceptors (Lipinski definition) is 4. The first-order valence-corrected chi connectivity index (χ1v) is 8.75. The SMILES string of the molecule is CC1(C)COC2(C=C2CCCC2=CC23OCC(C)(C)CO3)OC1. The summed E-state index contributed by atoms with van der Waals surface area (Å²) in [6, 6.07) is 0. The maximum absolute atomic E-state index is 5.93. The van der Waals surface area contributed by atoms with E-state index in [-0.39, 0.29) is 10.8 Å². The maximum Gasteiger partial charge on any atom is 0.211 e. The minimum Gasteiger partial charge on any atom is -0.342 e. The second-order valence-electron chi connectivity index (χ2n) is 9.01. The van der Waals surface area contributed by atoms with Crippen molar-refractivity contribution in [1.29, 1.82) is 0 Å². The van der Waals surface area contributed by atoms with Gasteiger partial charge in [-0.25, -0.2) is 0 Å². The molecule has 2 aliphatic carbocycles. The Morgan fingerprint density at radius 1 is 0.696 bits per heavy atom. The van der Waals surface area contributed by atoms with E-state index in [1.807, 2.05) is 0 Å². The first-order valence-electron chi connectivity index (χ1n) is 8.75. The maximum atomic E-state index is 5.93. The molecular formula is C19H28O4. The fraction of sp³-hybridized carbons (Fsp3) is 0.789. The van der Waals surface area contributed by atoms with Crippen molar-refractivity contribution < 1.29 is 18.9 Å². The van der Waals surface area contributed by atoms with Gasteiger partial charge in [0, 0.05) is 10.8 Å². The van der Waals surface area contributed by atoms with E-state index in [4.69, 9.17) is 18.9 Å². The van der Waals surface area contributed by atoms with Crippen molar-refractivity contribution in [2.24, 2.45) is 10.8 Å². The van der Waals surface area contributed by atoms with Crippen molar-refractivity contribution in [3.8, 4) is 0 Å². The van der Waals surface area contributed by atoms with Crippen molar-refractivity contribution in [2.45, 2.75) is 58.5 Å². The molecule has 2 saturated heterocycles. The Morgan fingerprint density at radius 2 is 1.04 bits per heavy atom. The number of hydrogen-bond donors (Lipinski definition) is 0. The summed E-state index contributed by atoms with van der Waals surface area (Å²) in [5.74, 6) is -0.903. The third kappa shape index (κ3) is 3.02. The summed E-state index contributed by atoms with van der Waals surface area (Å²) in [5.41, 5.74) is 2.85. The molecule has 0 aromatic heterocycles. The monoisotopic (exact) mass is 320 g/mol. The predicted molar refractivity (Wildman–Crippen MR) is 86.8 cm³/mol. The molecule has 23 heavy (non-hydrogen) atoms. The summed E-state index contributed by atoms with van der Waals surface area (Å²) < 4.78 is 23.7.